The van der Waals surface area contributed by atoms with Gasteiger partial charge < -0.3 is 10.6 Å². The standard InChI is InChI=1S/C19H15ClN4O2/c20-13-6-4-5-12(9-13)15-11-21-24-16(19(26)23-18(15)24)10-17(25)22-14-7-2-1-3-8-14/h1-9,11,16H,10H2,(H,22,25)(H,23,26). The molecular weight excluding hydrogens is 352 g/mol. The lowest BCUT2D eigenvalue weighted by Gasteiger charge is -2.09. The number of carbonyl (C=O) groups excluding carboxylic acids is 2. The molecule has 4 rings (SSSR count). The molecular formula is C19H15ClN4O2. The molecule has 6 nitrogen and oxygen atoms in total. The SMILES string of the molecule is O=C(CC1C(=O)Nc2c(-c3cccc(Cl)c3)cnn21)Nc1ccccc1. The Morgan fingerprint density at radius 1 is 1.19 bits per heavy atom. The maximum absolute atomic E-state index is 12.4. The lowest BCUT2D eigenvalue weighted by Crippen LogP contribution is -2.23. The van der Waals surface area contributed by atoms with Gasteiger partial charge in [-0.25, -0.2) is 4.68 Å². The first-order valence-corrected chi connectivity index (χ1v) is 8.49. The molecule has 1 atom stereocenters. The largest absolute Gasteiger partial charge is 0.326 e. The Kier molecular flexibility index (Phi) is 4.18. The fourth-order valence-electron chi connectivity index (χ4n) is 2.99. The fraction of sp³-hybridized carbons (Fsp3) is 0.105. The van der Waals surface area contributed by atoms with Gasteiger partial charge in [0.15, 0.2) is 0 Å². The first kappa shape index (κ1) is 16.4. The number of anilines is 2. The Morgan fingerprint density at radius 3 is 2.77 bits per heavy atom. The van der Waals surface area contributed by atoms with Crippen molar-refractivity contribution in [2.24, 2.45) is 0 Å². The van der Waals surface area contributed by atoms with Crippen molar-refractivity contribution >= 4 is 34.9 Å². The molecule has 3 aromatic rings. The number of rotatable bonds is 4. The van der Waals surface area contributed by atoms with Crippen LogP contribution >= 0.6 is 11.6 Å². The van der Waals surface area contributed by atoms with Crippen molar-refractivity contribution in [1.29, 1.82) is 0 Å². The zero-order valence-electron chi connectivity index (χ0n) is 13.6. The van der Waals surface area contributed by atoms with Crippen LogP contribution in [0.2, 0.25) is 5.02 Å². The highest BCUT2D eigenvalue weighted by Crippen LogP contribution is 2.36. The number of hydrogen-bond acceptors (Lipinski definition) is 3. The minimum Gasteiger partial charge on any atom is -0.326 e. The Morgan fingerprint density at radius 2 is 2.00 bits per heavy atom. The highest BCUT2D eigenvalue weighted by molar-refractivity contribution is 6.30. The molecule has 130 valence electrons. The number of para-hydroxylation sites is 1. The molecule has 0 bridgehead atoms. The van der Waals surface area contributed by atoms with Crippen molar-refractivity contribution in [3.63, 3.8) is 0 Å². The summed E-state index contributed by atoms with van der Waals surface area (Å²) in [5.74, 6) is 0.0818. The highest BCUT2D eigenvalue weighted by Gasteiger charge is 2.35. The maximum Gasteiger partial charge on any atom is 0.251 e. The molecule has 2 N–H and O–H groups in total. The number of carbonyl (C=O) groups is 2. The van der Waals surface area contributed by atoms with Crippen molar-refractivity contribution in [3.05, 3.63) is 65.8 Å². The lowest BCUT2D eigenvalue weighted by atomic mass is 10.1. The number of halogens is 1. The molecule has 1 aromatic heterocycles. The predicted molar refractivity (Wildman–Crippen MR) is 100 cm³/mol. The van der Waals surface area contributed by atoms with E-state index in [0.29, 0.717) is 16.5 Å². The quantitative estimate of drug-likeness (QED) is 0.738. The minimum absolute atomic E-state index is 0.00436. The van der Waals surface area contributed by atoms with Crippen molar-refractivity contribution in [1.82, 2.24) is 9.78 Å². The normalized spacial score (nSPS) is 15.4. The van der Waals surface area contributed by atoms with Crippen molar-refractivity contribution in [3.8, 4) is 11.1 Å². The summed E-state index contributed by atoms with van der Waals surface area (Å²) < 4.78 is 1.56. The summed E-state index contributed by atoms with van der Waals surface area (Å²) in [4.78, 5) is 24.6. The molecule has 7 heteroatoms. The molecule has 0 radical (unpaired) electrons. The van der Waals surface area contributed by atoms with Crippen LogP contribution in [0.1, 0.15) is 12.5 Å². The Bertz CT molecular complexity index is 984. The van der Waals surface area contributed by atoms with Gasteiger partial charge in [-0.15, -0.1) is 0 Å². The second-order valence-electron chi connectivity index (χ2n) is 5.99. The number of nitrogens with one attached hydrogen (secondary N) is 2. The maximum atomic E-state index is 12.4. The molecule has 0 fully saturated rings. The van der Waals surface area contributed by atoms with Crippen LogP contribution in [0, 0.1) is 0 Å². The van der Waals surface area contributed by atoms with Crippen LogP contribution in [-0.2, 0) is 9.59 Å². The van der Waals surface area contributed by atoms with E-state index in [2.05, 4.69) is 15.7 Å². The van der Waals surface area contributed by atoms with E-state index in [1.165, 1.54) is 0 Å². The summed E-state index contributed by atoms with van der Waals surface area (Å²) in [5, 5.41) is 10.5. The molecule has 1 aliphatic rings. The smallest absolute Gasteiger partial charge is 0.251 e. The predicted octanol–water partition coefficient (Wildman–Crippen LogP) is 3.73. The molecule has 2 heterocycles. The van der Waals surface area contributed by atoms with Crippen molar-refractivity contribution in [2.45, 2.75) is 12.5 Å². The van der Waals surface area contributed by atoms with E-state index in [1.54, 1.807) is 35.1 Å². The molecule has 0 aliphatic carbocycles. The van der Waals surface area contributed by atoms with E-state index in [-0.39, 0.29) is 18.2 Å². The third-order valence-electron chi connectivity index (χ3n) is 4.21. The highest BCUT2D eigenvalue weighted by atomic mass is 35.5. The summed E-state index contributed by atoms with van der Waals surface area (Å²) in [6.07, 6.45) is 1.67. The first-order chi connectivity index (χ1) is 12.6. The molecule has 1 unspecified atom stereocenters. The number of benzene rings is 2. The minimum atomic E-state index is -0.679. The number of hydrogen-bond donors (Lipinski definition) is 2. The summed E-state index contributed by atoms with van der Waals surface area (Å²) in [7, 11) is 0. The van der Waals surface area contributed by atoms with E-state index < -0.39 is 6.04 Å². The molecule has 2 amide bonds. The zero-order valence-corrected chi connectivity index (χ0v) is 14.4. The average Bonchev–Trinajstić information content (AvgIpc) is 3.16. The monoisotopic (exact) mass is 366 g/mol. The van der Waals surface area contributed by atoms with Gasteiger partial charge >= 0.3 is 0 Å². The first-order valence-electron chi connectivity index (χ1n) is 8.11. The fourth-order valence-corrected chi connectivity index (χ4v) is 3.18. The van der Waals surface area contributed by atoms with Gasteiger partial charge in [0, 0.05) is 16.3 Å². The third kappa shape index (κ3) is 3.07. The molecule has 0 saturated carbocycles. The second kappa shape index (κ2) is 6.65. The van der Waals surface area contributed by atoms with Gasteiger partial charge in [-0.05, 0) is 29.8 Å². The van der Waals surface area contributed by atoms with Gasteiger partial charge in [-0.3, -0.25) is 9.59 Å². The molecule has 0 spiro atoms. The van der Waals surface area contributed by atoms with Crippen LogP contribution in [0.4, 0.5) is 11.5 Å². The second-order valence-corrected chi connectivity index (χ2v) is 6.42. The summed E-state index contributed by atoms with van der Waals surface area (Å²) >= 11 is 6.05. The topological polar surface area (TPSA) is 76.0 Å². The summed E-state index contributed by atoms with van der Waals surface area (Å²) in [6, 6.07) is 15.8. The zero-order chi connectivity index (χ0) is 18.1. The van der Waals surface area contributed by atoms with Crippen LogP contribution in [0.25, 0.3) is 11.1 Å². The molecule has 1 aliphatic heterocycles. The molecule has 0 saturated heterocycles. The number of fused-ring (bicyclic) bond motifs is 1. The van der Waals surface area contributed by atoms with Gasteiger partial charge in [0.25, 0.3) is 5.91 Å². The van der Waals surface area contributed by atoms with Crippen molar-refractivity contribution < 1.29 is 9.59 Å². The Balaban J connectivity index is 1.56. The third-order valence-corrected chi connectivity index (χ3v) is 4.44. The van der Waals surface area contributed by atoms with Crippen LogP contribution in [0.3, 0.4) is 0 Å². The van der Waals surface area contributed by atoms with Gasteiger partial charge in [0.2, 0.25) is 5.91 Å². The Labute approximate surface area is 154 Å². The average molecular weight is 367 g/mol. The van der Waals surface area contributed by atoms with E-state index in [0.717, 1.165) is 11.1 Å². The van der Waals surface area contributed by atoms with E-state index in [1.807, 2.05) is 30.3 Å². The molecule has 2 aromatic carbocycles. The van der Waals surface area contributed by atoms with E-state index >= 15 is 0 Å². The van der Waals surface area contributed by atoms with Crippen molar-refractivity contribution in [2.75, 3.05) is 10.6 Å². The summed E-state index contributed by atoms with van der Waals surface area (Å²) in [5.41, 5.74) is 2.32. The van der Waals surface area contributed by atoms with Crippen LogP contribution < -0.4 is 10.6 Å². The number of amides is 2. The van der Waals surface area contributed by atoms with Gasteiger partial charge in [0.1, 0.15) is 11.9 Å². The molecule has 26 heavy (non-hydrogen) atoms. The number of nitrogens with zero attached hydrogens (tertiary/aromatic N) is 2. The Hall–Kier alpha value is -3.12. The van der Waals surface area contributed by atoms with E-state index in [9.17, 15) is 9.59 Å². The van der Waals surface area contributed by atoms with Crippen LogP contribution in [0.5, 0.6) is 0 Å². The number of aromatic nitrogens is 2. The summed E-state index contributed by atoms with van der Waals surface area (Å²) in [6.45, 7) is 0. The van der Waals surface area contributed by atoms with Crippen LogP contribution in [-0.4, -0.2) is 21.6 Å². The van der Waals surface area contributed by atoms with Gasteiger partial charge in [-0.2, -0.15) is 5.10 Å². The lowest BCUT2D eigenvalue weighted by molar-refractivity contribution is -0.123. The van der Waals surface area contributed by atoms with Gasteiger partial charge in [0.05, 0.1) is 12.6 Å². The van der Waals surface area contributed by atoms with Gasteiger partial charge in [-0.1, -0.05) is 41.9 Å². The van der Waals surface area contributed by atoms with E-state index in [4.69, 9.17) is 11.6 Å². The van der Waals surface area contributed by atoms with Crippen LogP contribution in [0.15, 0.2) is 60.8 Å².